The van der Waals surface area contributed by atoms with Gasteiger partial charge in [0.15, 0.2) is 9.84 Å². The van der Waals surface area contributed by atoms with Crippen molar-refractivity contribution in [3.05, 3.63) is 52.0 Å². The minimum absolute atomic E-state index is 0.0436. The second-order valence-corrected chi connectivity index (χ2v) is 8.46. The number of carboxylic acid groups (broad SMARTS) is 1. The third-order valence-corrected chi connectivity index (χ3v) is 5.94. The van der Waals surface area contributed by atoms with Crippen molar-refractivity contribution in [1.82, 2.24) is 0 Å². The van der Waals surface area contributed by atoms with Gasteiger partial charge in [-0.1, -0.05) is 36.2 Å². The number of ether oxygens (including phenoxy) is 1. The van der Waals surface area contributed by atoms with Gasteiger partial charge in [-0.15, -0.1) is 0 Å². The van der Waals surface area contributed by atoms with E-state index >= 15 is 0 Å². The summed E-state index contributed by atoms with van der Waals surface area (Å²) in [7, 11) is -3.39. The van der Waals surface area contributed by atoms with Crippen LogP contribution >= 0.6 is 23.2 Å². The van der Waals surface area contributed by atoms with Gasteiger partial charge >= 0.3 is 5.97 Å². The molecule has 0 aliphatic rings. The van der Waals surface area contributed by atoms with Gasteiger partial charge in [-0.3, -0.25) is 4.79 Å². The van der Waals surface area contributed by atoms with Gasteiger partial charge in [0.1, 0.15) is 11.5 Å². The first-order valence-corrected chi connectivity index (χ1v) is 9.79. The van der Waals surface area contributed by atoms with E-state index in [0.717, 1.165) is 0 Å². The van der Waals surface area contributed by atoms with Crippen molar-refractivity contribution in [3.63, 3.8) is 0 Å². The summed E-state index contributed by atoms with van der Waals surface area (Å²) in [6, 6.07) is 8.76. The lowest BCUT2D eigenvalue weighted by Crippen LogP contribution is -2.08. The molecule has 134 valence electrons. The highest BCUT2D eigenvalue weighted by Gasteiger charge is 2.20. The molecule has 0 fully saturated rings. The van der Waals surface area contributed by atoms with Gasteiger partial charge in [0, 0.05) is 10.6 Å². The maximum Gasteiger partial charge on any atom is 0.310 e. The topological polar surface area (TPSA) is 80.7 Å². The molecule has 0 aliphatic heterocycles. The van der Waals surface area contributed by atoms with Gasteiger partial charge < -0.3 is 9.84 Å². The van der Waals surface area contributed by atoms with E-state index in [1.807, 2.05) is 0 Å². The predicted octanol–water partition coefficient (Wildman–Crippen LogP) is 4.77. The highest BCUT2D eigenvalue weighted by molar-refractivity contribution is 7.91. The van der Waals surface area contributed by atoms with E-state index in [1.165, 1.54) is 31.2 Å². The molecule has 1 unspecified atom stereocenters. The van der Waals surface area contributed by atoms with Gasteiger partial charge in [0.25, 0.3) is 0 Å². The van der Waals surface area contributed by atoms with E-state index in [4.69, 9.17) is 27.9 Å². The lowest BCUT2D eigenvalue weighted by molar-refractivity contribution is -0.138. The molecule has 0 heterocycles. The summed E-state index contributed by atoms with van der Waals surface area (Å²) in [6.07, 6.45) is 0. The van der Waals surface area contributed by atoms with E-state index in [9.17, 15) is 18.3 Å². The fraction of sp³-hybridized carbons (Fsp3) is 0.235. The molecule has 0 aliphatic carbocycles. The maximum atomic E-state index is 11.9. The van der Waals surface area contributed by atoms with Crippen LogP contribution in [-0.4, -0.2) is 25.2 Å². The van der Waals surface area contributed by atoms with Crippen molar-refractivity contribution in [2.45, 2.75) is 24.7 Å². The molecule has 0 saturated heterocycles. The average Bonchev–Trinajstić information content (AvgIpc) is 2.56. The summed E-state index contributed by atoms with van der Waals surface area (Å²) in [5, 5.41) is 9.69. The number of hydrogen-bond acceptors (Lipinski definition) is 4. The smallest absolute Gasteiger partial charge is 0.310 e. The first-order chi connectivity index (χ1) is 11.7. The van der Waals surface area contributed by atoms with Gasteiger partial charge in [0.05, 0.1) is 21.6 Å². The van der Waals surface area contributed by atoms with Crippen molar-refractivity contribution < 1.29 is 23.1 Å². The highest BCUT2D eigenvalue weighted by atomic mass is 35.5. The van der Waals surface area contributed by atoms with Crippen LogP contribution in [0.25, 0.3) is 0 Å². The SMILES string of the molecule is CCS(=O)(=O)c1ccc(Oc2cc(Cl)ccc2C(C)C(=O)O)c(Cl)c1. The minimum Gasteiger partial charge on any atom is -0.481 e. The third kappa shape index (κ3) is 4.45. The zero-order chi connectivity index (χ0) is 18.8. The van der Waals surface area contributed by atoms with Gasteiger partial charge in [-0.2, -0.15) is 0 Å². The monoisotopic (exact) mass is 402 g/mol. The first-order valence-electron chi connectivity index (χ1n) is 7.38. The van der Waals surface area contributed by atoms with Crippen LogP contribution in [0, 0.1) is 0 Å². The number of carboxylic acids is 1. The Kier molecular flexibility index (Phi) is 5.98. The van der Waals surface area contributed by atoms with Crippen LogP contribution in [0.3, 0.4) is 0 Å². The second kappa shape index (κ2) is 7.64. The third-order valence-electron chi connectivity index (χ3n) is 3.67. The van der Waals surface area contributed by atoms with Crippen LogP contribution in [0.1, 0.15) is 25.3 Å². The fourth-order valence-corrected chi connectivity index (χ4v) is 3.48. The average molecular weight is 403 g/mol. The zero-order valence-corrected chi connectivity index (χ0v) is 15.8. The maximum absolute atomic E-state index is 11.9. The summed E-state index contributed by atoms with van der Waals surface area (Å²) >= 11 is 12.1. The summed E-state index contributed by atoms with van der Waals surface area (Å²) < 4.78 is 29.5. The van der Waals surface area contributed by atoms with Crippen LogP contribution < -0.4 is 4.74 Å². The normalized spacial score (nSPS) is 12.6. The Hall–Kier alpha value is -1.76. The van der Waals surface area contributed by atoms with E-state index in [-0.39, 0.29) is 27.2 Å². The number of carbonyl (C=O) groups is 1. The Morgan fingerprint density at radius 1 is 1.16 bits per heavy atom. The molecule has 0 saturated carbocycles. The fourth-order valence-electron chi connectivity index (χ4n) is 2.13. The van der Waals surface area contributed by atoms with Crippen molar-refractivity contribution in [1.29, 1.82) is 0 Å². The lowest BCUT2D eigenvalue weighted by atomic mass is 10.0. The number of hydrogen-bond donors (Lipinski definition) is 1. The Morgan fingerprint density at radius 3 is 2.40 bits per heavy atom. The molecule has 0 radical (unpaired) electrons. The van der Waals surface area contributed by atoms with Crippen LogP contribution in [0.4, 0.5) is 0 Å². The Morgan fingerprint density at radius 2 is 1.84 bits per heavy atom. The Bertz CT molecular complexity index is 909. The number of benzene rings is 2. The molecule has 2 aromatic rings. The van der Waals surface area contributed by atoms with Crippen LogP contribution in [0.2, 0.25) is 10.0 Å². The largest absolute Gasteiger partial charge is 0.481 e. The summed E-state index contributed by atoms with van der Waals surface area (Å²) in [5.74, 6) is -1.42. The van der Waals surface area contributed by atoms with Crippen molar-refractivity contribution >= 4 is 39.0 Å². The van der Waals surface area contributed by atoms with Crippen molar-refractivity contribution in [2.75, 3.05) is 5.75 Å². The molecule has 5 nitrogen and oxygen atoms in total. The van der Waals surface area contributed by atoms with Crippen molar-refractivity contribution in [3.8, 4) is 11.5 Å². The standard InChI is InChI=1S/C17H16Cl2O5S/c1-3-25(22,23)12-5-7-15(14(19)9-12)24-16-8-11(18)4-6-13(16)10(2)17(20)21/h4-10H,3H2,1-2H3,(H,20,21). The summed E-state index contributed by atoms with van der Waals surface area (Å²) in [5.41, 5.74) is 0.429. The number of halogens is 2. The van der Waals surface area contributed by atoms with Crippen LogP contribution in [0.5, 0.6) is 11.5 Å². The van der Waals surface area contributed by atoms with Gasteiger partial charge in [-0.05, 0) is 37.3 Å². The molecule has 25 heavy (non-hydrogen) atoms. The molecule has 8 heteroatoms. The van der Waals surface area contributed by atoms with E-state index < -0.39 is 21.7 Å². The molecule has 2 aromatic carbocycles. The van der Waals surface area contributed by atoms with Crippen LogP contribution in [-0.2, 0) is 14.6 Å². The quantitative estimate of drug-likeness (QED) is 0.752. The molecule has 1 atom stereocenters. The number of aliphatic carboxylic acids is 1. The van der Waals surface area contributed by atoms with Gasteiger partial charge in [0.2, 0.25) is 0 Å². The first kappa shape index (κ1) is 19.6. The van der Waals surface area contributed by atoms with E-state index in [1.54, 1.807) is 19.1 Å². The molecule has 1 N–H and O–H groups in total. The molecule has 0 bridgehead atoms. The van der Waals surface area contributed by atoms with Crippen LogP contribution in [0.15, 0.2) is 41.3 Å². The lowest BCUT2D eigenvalue weighted by Gasteiger charge is -2.15. The predicted molar refractivity (Wildman–Crippen MR) is 96.8 cm³/mol. The molecular formula is C17H16Cl2O5S. The molecule has 0 amide bonds. The van der Waals surface area contributed by atoms with E-state index in [2.05, 4.69) is 0 Å². The molecule has 2 rings (SSSR count). The Labute approximate surface area is 156 Å². The minimum atomic E-state index is -3.39. The summed E-state index contributed by atoms with van der Waals surface area (Å²) in [4.78, 5) is 11.4. The molecular weight excluding hydrogens is 387 g/mol. The second-order valence-electron chi connectivity index (χ2n) is 5.34. The summed E-state index contributed by atoms with van der Waals surface area (Å²) in [6.45, 7) is 3.07. The number of sulfone groups is 1. The van der Waals surface area contributed by atoms with E-state index in [0.29, 0.717) is 10.6 Å². The zero-order valence-electron chi connectivity index (χ0n) is 13.5. The molecule has 0 spiro atoms. The Balaban J connectivity index is 2.44. The highest BCUT2D eigenvalue weighted by Crippen LogP contribution is 2.37. The number of rotatable bonds is 6. The van der Waals surface area contributed by atoms with Crippen molar-refractivity contribution in [2.24, 2.45) is 0 Å². The molecule has 0 aromatic heterocycles. The van der Waals surface area contributed by atoms with Gasteiger partial charge in [-0.25, -0.2) is 8.42 Å².